The van der Waals surface area contributed by atoms with Crippen LogP contribution in [0.15, 0.2) is 35.9 Å². The Morgan fingerprint density at radius 1 is 0.762 bits per heavy atom. The van der Waals surface area contributed by atoms with Crippen LogP contribution in [0.5, 0.6) is 0 Å². The lowest BCUT2D eigenvalue weighted by atomic mass is 9.76. The molecule has 0 aliphatic heterocycles. The fourth-order valence-corrected chi connectivity index (χ4v) is 2.97. The van der Waals surface area contributed by atoms with Gasteiger partial charge in [0.1, 0.15) is 0 Å². The number of hydrogen-bond donors (Lipinski definition) is 0. The summed E-state index contributed by atoms with van der Waals surface area (Å²) in [6, 6.07) is 11.4. The van der Waals surface area contributed by atoms with Gasteiger partial charge in [0.2, 0.25) is 0 Å². The first kappa shape index (κ1) is 14.4. The summed E-state index contributed by atoms with van der Waals surface area (Å²) in [7, 11) is 0. The van der Waals surface area contributed by atoms with Crippen LogP contribution in [-0.2, 0) is 5.41 Å². The van der Waals surface area contributed by atoms with E-state index < -0.39 is 0 Å². The molecule has 0 N–H and O–H groups in total. The van der Waals surface area contributed by atoms with Gasteiger partial charge in [0.15, 0.2) is 0 Å². The normalized spacial score (nSPS) is 15.2. The minimum absolute atomic E-state index is 0.178. The standard InChI is InChI=1S/C21H25/c1-20(2,3)17-10-14-8-7-9-15-11-18(21(4,5)6)13-16(12-17)19(14)15/h7-13H,1-6H3. The second kappa shape index (κ2) is 4.47. The van der Waals surface area contributed by atoms with Crippen LogP contribution in [0.3, 0.4) is 0 Å². The van der Waals surface area contributed by atoms with Crippen molar-refractivity contribution >= 4 is 16.8 Å². The molecule has 1 radical (unpaired) electrons. The van der Waals surface area contributed by atoms with E-state index in [-0.39, 0.29) is 10.8 Å². The van der Waals surface area contributed by atoms with Crippen molar-refractivity contribution in [2.24, 2.45) is 5.41 Å². The monoisotopic (exact) mass is 277 g/mol. The molecule has 1 aliphatic rings. The van der Waals surface area contributed by atoms with Crippen molar-refractivity contribution in [2.45, 2.75) is 47.0 Å². The Hall–Kier alpha value is -1.56. The molecule has 0 bridgehead atoms. The third-order valence-corrected chi connectivity index (χ3v) is 4.39. The zero-order valence-corrected chi connectivity index (χ0v) is 14.0. The summed E-state index contributed by atoms with van der Waals surface area (Å²) in [5, 5.41) is 2.76. The summed E-state index contributed by atoms with van der Waals surface area (Å²) in [5.74, 6) is 0. The fourth-order valence-electron chi connectivity index (χ4n) is 2.97. The van der Waals surface area contributed by atoms with Crippen LogP contribution in [-0.4, -0.2) is 0 Å². The molecule has 21 heavy (non-hydrogen) atoms. The second-order valence-electron chi connectivity index (χ2n) is 8.25. The minimum atomic E-state index is 0.178. The highest BCUT2D eigenvalue weighted by molar-refractivity contribution is 5.98. The Morgan fingerprint density at radius 2 is 1.48 bits per heavy atom. The first-order valence-corrected chi connectivity index (χ1v) is 7.80. The highest BCUT2D eigenvalue weighted by Crippen LogP contribution is 2.41. The maximum Gasteiger partial charge on any atom is 0.0170 e. The van der Waals surface area contributed by atoms with Gasteiger partial charge in [-0.15, -0.1) is 0 Å². The van der Waals surface area contributed by atoms with Crippen molar-refractivity contribution in [1.82, 2.24) is 0 Å². The number of hydrogen-bond acceptors (Lipinski definition) is 0. The van der Waals surface area contributed by atoms with Gasteiger partial charge in [0, 0.05) is 6.42 Å². The third kappa shape index (κ3) is 2.52. The van der Waals surface area contributed by atoms with Gasteiger partial charge < -0.3 is 0 Å². The molecule has 0 atom stereocenters. The van der Waals surface area contributed by atoms with E-state index in [1.807, 2.05) is 0 Å². The molecule has 0 unspecified atom stereocenters. The first-order valence-electron chi connectivity index (χ1n) is 7.80. The van der Waals surface area contributed by atoms with Crippen LogP contribution < -0.4 is 0 Å². The van der Waals surface area contributed by atoms with Crippen molar-refractivity contribution in [2.75, 3.05) is 0 Å². The molecule has 0 nitrogen and oxygen atoms in total. The molecule has 0 amide bonds. The minimum Gasteiger partial charge on any atom is -0.0613 e. The SMILES string of the molecule is CC(C)(C)C1=Cc2cc(C(C)(C)C)cc3cccc(c23)[CH]1. The number of allylic oxidation sites excluding steroid dienone is 1. The van der Waals surface area contributed by atoms with Gasteiger partial charge in [-0.2, -0.15) is 0 Å². The van der Waals surface area contributed by atoms with Crippen LogP contribution in [0.25, 0.3) is 16.8 Å². The van der Waals surface area contributed by atoms with Crippen molar-refractivity contribution in [3.63, 3.8) is 0 Å². The lowest BCUT2D eigenvalue weighted by molar-refractivity contribution is 0.514. The van der Waals surface area contributed by atoms with E-state index >= 15 is 0 Å². The molecule has 0 spiro atoms. The average Bonchev–Trinajstić information content (AvgIpc) is 2.36. The Labute approximate surface area is 128 Å². The Kier molecular flexibility index (Phi) is 3.06. The highest BCUT2D eigenvalue weighted by atomic mass is 14.3. The second-order valence-corrected chi connectivity index (χ2v) is 8.25. The lowest BCUT2D eigenvalue weighted by Gasteiger charge is -2.29. The van der Waals surface area contributed by atoms with E-state index in [1.54, 1.807) is 0 Å². The summed E-state index contributed by atoms with van der Waals surface area (Å²) in [6.45, 7) is 13.7. The summed E-state index contributed by atoms with van der Waals surface area (Å²) in [6.07, 6.45) is 4.73. The van der Waals surface area contributed by atoms with Crippen LogP contribution >= 0.6 is 0 Å². The quantitative estimate of drug-likeness (QED) is 0.543. The van der Waals surface area contributed by atoms with Gasteiger partial charge in [0.25, 0.3) is 0 Å². The topological polar surface area (TPSA) is 0 Å². The van der Waals surface area contributed by atoms with Gasteiger partial charge in [-0.3, -0.25) is 0 Å². The first-order chi connectivity index (χ1) is 9.66. The summed E-state index contributed by atoms with van der Waals surface area (Å²) in [5.41, 5.74) is 5.91. The van der Waals surface area contributed by atoms with Crippen molar-refractivity contribution in [3.05, 3.63) is 59.0 Å². The zero-order valence-electron chi connectivity index (χ0n) is 14.0. The molecule has 0 fully saturated rings. The Balaban J connectivity index is 2.31. The third-order valence-electron chi connectivity index (χ3n) is 4.39. The van der Waals surface area contributed by atoms with Crippen molar-refractivity contribution in [1.29, 1.82) is 0 Å². The van der Waals surface area contributed by atoms with Crippen molar-refractivity contribution < 1.29 is 0 Å². The maximum absolute atomic E-state index is 2.38. The summed E-state index contributed by atoms with van der Waals surface area (Å²) < 4.78 is 0. The molecule has 0 saturated carbocycles. The number of rotatable bonds is 0. The van der Waals surface area contributed by atoms with E-state index in [1.165, 1.54) is 33.0 Å². The Morgan fingerprint density at radius 3 is 2.10 bits per heavy atom. The van der Waals surface area contributed by atoms with Crippen LogP contribution in [0.2, 0.25) is 0 Å². The molecule has 109 valence electrons. The predicted octanol–water partition coefficient (Wildman–Crippen LogP) is 6.13. The van der Waals surface area contributed by atoms with E-state index in [4.69, 9.17) is 0 Å². The molecule has 1 aliphatic carbocycles. The van der Waals surface area contributed by atoms with Crippen LogP contribution in [0, 0.1) is 11.8 Å². The van der Waals surface area contributed by atoms with Gasteiger partial charge in [-0.1, -0.05) is 83.5 Å². The van der Waals surface area contributed by atoms with E-state index in [9.17, 15) is 0 Å². The zero-order chi connectivity index (χ0) is 15.4. The van der Waals surface area contributed by atoms with Crippen LogP contribution in [0.4, 0.5) is 0 Å². The predicted molar refractivity (Wildman–Crippen MR) is 93.5 cm³/mol. The summed E-state index contributed by atoms with van der Waals surface area (Å²) in [4.78, 5) is 0. The lowest BCUT2D eigenvalue weighted by Crippen LogP contribution is -2.15. The van der Waals surface area contributed by atoms with Gasteiger partial charge in [-0.25, -0.2) is 0 Å². The molecular weight excluding hydrogens is 252 g/mol. The van der Waals surface area contributed by atoms with Crippen LogP contribution in [0.1, 0.15) is 58.2 Å². The highest BCUT2D eigenvalue weighted by Gasteiger charge is 2.24. The Bertz CT molecular complexity index is 731. The van der Waals surface area contributed by atoms with Gasteiger partial charge in [-0.05, 0) is 38.3 Å². The summed E-state index contributed by atoms with van der Waals surface area (Å²) >= 11 is 0. The molecule has 2 aromatic rings. The van der Waals surface area contributed by atoms with Gasteiger partial charge >= 0.3 is 0 Å². The van der Waals surface area contributed by atoms with Crippen molar-refractivity contribution in [3.8, 4) is 0 Å². The number of benzene rings is 2. The van der Waals surface area contributed by atoms with E-state index in [0.29, 0.717) is 0 Å². The molecule has 2 aromatic carbocycles. The smallest absolute Gasteiger partial charge is 0.0170 e. The molecular formula is C21H25. The molecule has 0 heterocycles. The largest absolute Gasteiger partial charge is 0.0613 e. The molecule has 0 saturated heterocycles. The maximum atomic E-state index is 2.38. The van der Waals surface area contributed by atoms with E-state index in [2.05, 4.69) is 84.4 Å². The van der Waals surface area contributed by atoms with E-state index in [0.717, 1.165) is 0 Å². The molecule has 0 aromatic heterocycles. The molecule has 0 heteroatoms. The fraction of sp³-hybridized carbons (Fsp3) is 0.381. The van der Waals surface area contributed by atoms with Gasteiger partial charge in [0.05, 0.1) is 0 Å². The molecule has 3 rings (SSSR count). The average molecular weight is 277 g/mol.